The predicted molar refractivity (Wildman–Crippen MR) is 107 cm³/mol. The van der Waals surface area contributed by atoms with E-state index in [2.05, 4.69) is 36.6 Å². The first-order chi connectivity index (χ1) is 12.0. The minimum absolute atomic E-state index is 0.245. The lowest BCUT2D eigenvalue weighted by atomic mass is 10.0. The molecule has 0 aromatic heterocycles. The van der Waals surface area contributed by atoms with E-state index in [9.17, 15) is 4.79 Å². The molecule has 0 fully saturated rings. The van der Waals surface area contributed by atoms with Crippen LogP contribution >= 0.6 is 12.2 Å². The number of rotatable bonds is 5. The van der Waals surface area contributed by atoms with Crippen LogP contribution in [0.3, 0.4) is 0 Å². The summed E-state index contributed by atoms with van der Waals surface area (Å²) in [7, 11) is 1.61. The van der Waals surface area contributed by atoms with E-state index in [1.165, 1.54) is 11.6 Å². The number of thiocarbonyl (C=S) groups is 1. The van der Waals surface area contributed by atoms with Crippen LogP contribution in [0, 0.1) is 0 Å². The fourth-order valence-electron chi connectivity index (χ4n) is 2.15. The van der Waals surface area contributed by atoms with Gasteiger partial charge in [-0.25, -0.2) is 0 Å². The molecule has 2 rings (SSSR count). The van der Waals surface area contributed by atoms with E-state index in [-0.39, 0.29) is 11.0 Å². The van der Waals surface area contributed by atoms with Gasteiger partial charge < -0.3 is 10.1 Å². The normalized spacial score (nSPS) is 10.7. The molecule has 0 atom stereocenters. The monoisotopic (exact) mass is 354 g/mol. The molecule has 0 spiro atoms. The molecule has 5 heteroatoms. The summed E-state index contributed by atoms with van der Waals surface area (Å²) in [5, 5.41) is 5.82. The van der Waals surface area contributed by atoms with E-state index in [4.69, 9.17) is 17.0 Å². The lowest BCUT2D eigenvalue weighted by Crippen LogP contribution is -2.32. The lowest BCUT2D eigenvalue weighted by Gasteiger charge is -2.08. The highest BCUT2D eigenvalue weighted by atomic mass is 32.1. The summed E-state index contributed by atoms with van der Waals surface area (Å²) in [6.45, 7) is 4.30. The van der Waals surface area contributed by atoms with Crippen molar-refractivity contribution < 1.29 is 9.53 Å². The minimum atomic E-state index is -0.279. The fourth-order valence-corrected chi connectivity index (χ4v) is 2.37. The predicted octanol–water partition coefficient (Wildman–Crippen LogP) is 4.35. The molecule has 0 aliphatic carbocycles. The van der Waals surface area contributed by atoms with Crippen LogP contribution < -0.4 is 15.4 Å². The Kier molecular flexibility index (Phi) is 6.71. The number of carbonyl (C=O) groups is 1. The van der Waals surface area contributed by atoms with Crippen LogP contribution in [0.1, 0.15) is 30.9 Å². The Morgan fingerprint density at radius 3 is 2.28 bits per heavy atom. The highest BCUT2D eigenvalue weighted by molar-refractivity contribution is 7.80. The van der Waals surface area contributed by atoms with Crippen LogP contribution in [0.4, 0.5) is 5.69 Å². The third kappa shape index (κ3) is 6.04. The van der Waals surface area contributed by atoms with E-state index in [1.54, 1.807) is 13.2 Å². The molecule has 25 heavy (non-hydrogen) atoms. The number of methoxy groups -OCH3 is 1. The fraction of sp³-hybridized carbons (Fsp3) is 0.200. The molecule has 0 radical (unpaired) electrons. The van der Waals surface area contributed by atoms with E-state index in [0.717, 1.165) is 17.0 Å². The average Bonchev–Trinajstić information content (AvgIpc) is 2.61. The van der Waals surface area contributed by atoms with Gasteiger partial charge in [0.05, 0.1) is 7.11 Å². The summed E-state index contributed by atoms with van der Waals surface area (Å²) in [4.78, 5) is 11.9. The van der Waals surface area contributed by atoms with Gasteiger partial charge in [0.15, 0.2) is 5.11 Å². The zero-order valence-electron chi connectivity index (χ0n) is 14.6. The maximum atomic E-state index is 11.9. The number of hydrogen-bond donors (Lipinski definition) is 2. The van der Waals surface area contributed by atoms with Crippen LogP contribution in [0.5, 0.6) is 5.75 Å². The largest absolute Gasteiger partial charge is 0.497 e. The van der Waals surface area contributed by atoms with Crippen LogP contribution in [0.15, 0.2) is 54.6 Å². The number of hydrogen-bond acceptors (Lipinski definition) is 3. The number of amides is 1. The van der Waals surface area contributed by atoms with Gasteiger partial charge in [0.1, 0.15) is 5.75 Å². The van der Waals surface area contributed by atoms with E-state index in [1.807, 2.05) is 36.4 Å². The zero-order chi connectivity index (χ0) is 18.2. The number of ether oxygens (including phenoxy) is 1. The molecule has 2 aromatic rings. The Morgan fingerprint density at radius 2 is 1.72 bits per heavy atom. The summed E-state index contributed by atoms with van der Waals surface area (Å²) in [6.07, 6.45) is 3.22. The number of benzene rings is 2. The second-order valence-electron chi connectivity index (χ2n) is 5.83. The van der Waals surface area contributed by atoms with Gasteiger partial charge in [-0.15, -0.1) is 0 Å². The Hall–Kier alpha value is -2.66. The molecule has 0 unspecified atom stereocenters. The third-order valence-electron chi connectivity index (χ3n) is 3.61. The van der Waals surface area contributed by atoms with Crippen molar-refractivity contribution in [3.8, 4) is 5.75 Å². The summed E-state index contributed by atoms with van der Waals surface area (Å²) < 4.78 is 5.09. The molecule has 0 saturated carbocycles. The smallest absolute Gasteiger partial charge is 0.250 e. The van der Waals surface area contributed by atoms with Crippen LogP contribution in [0.2, 0.25) is 0 Å². The van der Waals surface area contributed by atoms with Crippen molar-refractivity contribution >= 4 is 35.0 Å². The first-order valence-corrected chi connectivity index (χ1v) is 8.43. The minimum Gasteiger partial charge on any atom is -0.497 e. The maximum absolute atomic E-state index is 11.9. The van der Waals surface area contributed by atoms with Gasteiger partial charge in [-0.2, -0.15) is 0 Å². The zero-order valence-corrected chi connectivity index (χ0v) is 15.4. The van der Waals surface area contributed by atoms with Gasteiger partial charge in [-0.1, -0.05) is 38.1 Å². The van der Waals surface area contributed by atoms with Crippen molar-refractivity contribution in [1.29, 1.82) is 0 Å². The summed E-state index contributed by atoms with van der Waals surface area (Å²) >= 11 is 5.14. The number of nitrogens with one attached hydrogen (secondary N) is 2. The summed E-state index contributed by atoms with van der Waals surface area (Å²) in [5.74, 6) is 0.966. The Balaban J connectivity index is 1.86. The molecule has 0 bridgehead atoms. The summed E-state index contributed by atoms with van der Waals surface area (Å²) in [6, 6.07) is 15.4. The van der Waals surface area contributed by atoms with Gasteiger partial charge in [0.2, 0.25) is 5.91 Å². The molecule has 0 saturated heterocycles. The molecule has 1 amide bonds. The Morgan fingerprint density at radius 1 is 1.08 bits per heavy atom. The second-order valence-corrected chi connectivity index (χ2v) is 6.23. The molecule has 4 nitrogen and oxygen atoms in total. The van der Waals surface area contributed by atoms with Crippen LogP contribution in [-0.4, -0.2) is 18.1 Å². The van der Waals surface area contributed by atoms with Crippen LogP contribution in [0.25, 0.3) is 6.08 Å². The summed E-state index contributed by atoms with van der Waals surface area (Å²) in [5.41, 5.74) is 3.01. The number of carbonyl (C=O) groups excluding carboxylic acids is 1. The molecule has 0 aliphatic rings. The SMILES string of the molecule is COc1ccc(NC(=S)NC(=O)/C=C/c2ccc(C(C)C)cc2)cc1. The Bertz CT molecular complexity index is 750. The topological polar surface area (TPSA) is 50.4 Å². The molecule has 0 heterocycles. The van der Waals surface area contributed by atoms with Crippen LogP contribution in [-0.2, 0) is 4.79 Å². The van der Waals surface area contributed by atoms with Crippen molar-refractivity contribution in [2.75, 3.05) is 12.4 Å². The highest BCUT2D eigenvalue weighted by Gasteiger charge is 2.02. The van der Waals surface area contributed by atoms with Crippen molar-refractivity contribution in [2.24, 2.45) is 0 Å². The van der Waals surface area contributed by atoms with Gasteiger partial charge >= 0.3 is 0 Å². The second kappa shape index (κ2) is 8.99. The van der Waals surface area contributed by atoms with Gasteiger partial charge in [-0.3, -0.25) is 10.1 Å². The molecule has 2 aromatic carbocycles. The van der Waals surface area contributed by atoms with Gasteiger partial charge in [-0.05, 0) is 59.6 Å². The van der Waals surface area contributed by atoms with Crippen molar-refractivity contribution in [3.63, 3.8) is 0 Å². The van der Waals surface area contributed by atoms with E-state index < -0.39 is 0 Å². The molecular formula is C20H22N2O2S. The molecular weight excluding hydrogens is 332 g/mol. The first-order valence-electron chi connectivity index (χ1n) is 8.02. The first kappa shape index (κ1) is 18.7. The van der Waals surface area contributed by atoms with E-state index >= 15 is 0 Å². The standard InChI is InChI=1S/C20H22N2O2S/c1-14(2)16-7-4-15(5-8-16)6-13-19(23)22-20(25)21-17-9-11-18(24-3)12-10-17/h4-14H,1-3H3,(H2,21,22,23,25)/b13-6+. The molecule has 0 aliphatic heterocycles. The molecule has 130 valence electrons. The average molecular weight is 354 g/mol. The lowest BCUT2D eigenvalue weighted by molar-refractivity contribution is -0.115. The third-order valence-corrected chi connectivity index (χ3v) is 3.82. The Labute approximate surface area is 153 Å². The van der Waals surface area contributed by atoms with Crippen molar-refractivity contribution in [2.45, 2.75) is 19.8 Å². The van der Waals surface area contributed by atoms with E-state index in [0.29, 0.717) is 5.92 Å². The van der Waals surface area contributed by atoms with Crippen molar-refractivity contribution in [3.05, 3.63) is 65.7 Å². The van der Waals surface area contributed by atoms with Gasteiger partial charge in [0, 0.05) is 11.8 Å². The van der Waals surface area contributed by atoms with Gasteiger partial charge in [0.25, 0.3) is 0 Å². The number of anilines is 1. The highest BCUT2D eigenvalue weighted by Crippen LogP contribution is 2.16. The van der Waals surface area contributed by atoms with Crippen molar-refractivity contribution in [1.82, 2.24) is 5.32 Å². The quantitative estimate of drug-likeness (QED) is 0.619. The molecule has 2 N–H and O–H groups in total. The maximum Gasteiger partial charge on any atom is 0.250 e.